The first-order valence-corrected chi connectivity index (χ1v) is 5.00. The maximum atomic E-state index is 11.6. The molecule has 1 unspecified atom stereocenters. The van der Waals surface area contributed by atoms with Crippen LogP contribution in [0.1, 0.15) is 25.3 Å². The Kier molecular flexibility index (Phi) is 4.05. The van der Waals surface area contributed by atoms with Crippen LogP contribution in [0.25, 0.3) is 0 Å². The summed E-state index contributed by atoms with van der Waals surface area (Å²) in [6, 6.07) is 8.33. The number of carboxylic acid groups (broad SMARTS) is 1. The molecule has 0 aliphatic carbocycles. The number of aliphatic carboxylic acids is 1. The minimum absolute atomic E-state index is 0.321. The average molecular weight is 222 g/mol. The van der Waals surface area contributed by atoms with Crippen LogP contribution >= 0.6 is 0 Å². The summed E-state index contributed by atoms with van der Waals surface area (Å²) in [6.07, 6.45) is -0.321. The van der Waals surface area contributed by atoms with Crippen LogP contribution in [-0.2, 0) is 14.3 Å². The second-order valence-corrected chi connectivity index (χ2v) is 3.67. The number of carboxylic acids is 1. The molecule has 0 aliphatic heterocycles. The van der Waals surface area contributed by atoms with Gasteiger partial charge in [-0.3, -0.25) is 9.59 Å². The number of carbonyl (C=O) groups is 2. The number of rotatable bonds is 4. The summed E-state index contributed by atoms with van der Waals surface area (Å²) in [7, 11) is 0. The molecule has 0 heterocycles. The van der Waals surface area contributed by atoms with E-state index in [-0.39, 0.29) is 6.10 Å². The van der Waals surface area contributed by atoms with Gasteiger partial charge in [0.25, 0.3) is 0 Å². The minimum atomic E-state index is -1.25. The van der Waals surface area contributed by atoms with Gasteiger partial charge in [-0.15, -0.1) is 0 Å². The molecule has 4 nitrogen and oxygen atoms in total. The SMILES string of the molecule is CC(C)OC(=O)C(C(=O)O)c1ccccc1. The normalized spacial score (nSPS) is 12.2. The van der Waals surface area contributed by atoms with Gasteiger partial charge in [0.2, 0.25) is 0 Å². The van der Waals surface area contributed by atoms with E-state index in [1.807, 2.05) is 0 Å². The fraction of sp³-hybridized carbons (Fsp3) is 0.333. The molecule has 1 aromatic rings. The number of esters is 1. The summed E-state index contributed by atoms with van der Waals surface area (Å²) < 4.78 is 4.91. The fourth-order valence-corrected chi connectivity index (χ4v) is 1.33. The van der Waals surface area contributed by atoms with Gasteiger partial charge in [-0.25, -0.2) is 0 Å². The highest BCUT2D eigenvalue weighted by Crippen LogP contribution is 2.18. The van der Waals surface area contributed by atoms with E-state index in [2.05, 4.69) is 0 Å². The smallest absolute Gasteiger partial charge is 0.325 e. The van der Waals surface area contributed by atoms with Crippen molar-refractivity contribution in [2.24, 2.45) is 0 Å². The van der Waals surface area contributed by atoms with Crippen molar-refractivity contribution < 1.29 is 19.4 Å². The van der Waals surface area contributed by atoms with E-state index < -0.39 is 17.9 Å². The van der Waals surface area contributed by atoms with Crippen LogP contribution in [0.5, 0.6) is 0 Å². The molecule has 1 N–H and O–H groups in total. The predicted octanol–water partition coefficient (Wildman–Crippen LogP) is 1.81. The minimum Gasteiger partial charge on any atom is -0.480 e. The predicted molar refractivity (Wildman–Crippen MR) is 58.0 cm³/mol. The molecule has 1 aromatic carbocycles. The first-order chi connectivity index (χ1) is 7.52. The molecule has 4 heteroatoms. The van der Waals surface area contributed by atoms with Gasteiger partial charge in [-0.1, -0.05) is 30.3 Å². The zero-order chi connectivity index (χ0) is 12.1. The van der Waals surface area contributed by atoms with Gasteiger partial charge < -0.3 is 9.84 Å². The maximum absolute atomic E-state index is 11.6. The van der Waals surface area contributed by atoms with Crippen LogP contribution in [0.15, 0.2) is 30.3 Å². The molecule has 16 heavy (non-hydrogen) atoms. The summed E-state index contributed by atoms with van der Waals surface area (Å²) in [5.41, 5.74) is 0.431. The number of ether oxygens (including phenoxy) is 1. The van der Waals surface area contributed by atoms with E-state index in [0.717, 1.165) is 0 Å². The molecule has 0 amide bonds. The van der Waals surface area contributed by atoms with E-state index in [1.165, 1.54) is 0 Å². The number of carbonyl (C=O) groups excluding carboxylic acids is 1. The molecule has 0 fully saturated rings. The van der Waals surface area contributed by atoms with Gasteiger partial charge in [0.15, 0.2) is 5.92 Å². The summed E-state index contributed by atoms with van der Waals surface area (Å²) in [5.74, 6) is -3.17. The third-order valence-corrected chi connectivity index (χ3v) is 1.97. The summed E-state index contributed by atoms with van der Waals surface area (Å²) in [6.45, 7) is 3.36. The second-order valence-electron chi connectivity index (χ2n) is 3.67. The van der Waals surface area contributed by atoms with Crippen molar-refractivity contribution in [3.8, 4) is 0 Å². The molecule has 0 aromatic heterocycles. The molecule has 0 saturated heterocycles. The van der Waals surface area contributed by atoms with Crippen LogP contribution in [0.4, 0.5) is 0 Å². The Morgan fingerprint density at radius 2 is 1.75 bits per heavy atom. The molecular weight excluding hydrogens is 208 g/mol. The van der Waals surface area contributed by atoms with Gasteiger partial charge in [0.05, 0.1) is 6.10 Å². The molecule has 0 radical (unpaired) electrons. The molecule has 1 rings (SSSR count). The molecule has 1 atom stereocenters. The first kappa shape index (κ1) is 12.2. The Morgan fingerprint density at radius 3 is 2.19 bits per heavy atom. The van der Waals surface area contributed by atoms with E-state index in [9.17, 15) is 9.59 Å². The maximum Gasteiger partial charge on any atom is 0.325 e. The fourth-order valence-electron chi connectivity index (χ4n) is 1.33. The number of hydrogen-bond acceptors (Lipinski definition) is 3. The lowest BCUT2D eigenvalue weighted by atomic mass is 10.00. The van der Waals surface area contributed by atoms with Gasteiger partial charge in [-0.05, 0) is 19.4 Å². The number of benzene rings is 1. The zero-order valence-corrected chi connectivity index (χ0v) is 9.21. The second kappa shape index (κ2) is 5.30. The third kappa shape index (κ3) is 3.08. The molecule has 0 saturated carbocycles. The average Bonchev–Trinajstić information content (AvgIpc) is 2.17. The van der Waals surface area contributed by atoms with Crippen molar-refractivity contribution in [2.75, 3.05) is 0 Å². The Hall–Kier alpha value is -1.84. The van der Waals surface area contributed by atoms with Crippen LogP contribution in [0.3, 0.4) is 0 Å². The molecule has 0 bridgehead atoms. The van der Waals surface area contributed by atoms with Gasteiger partial charge in [-0.2, -0.15) is 0 Å². The number of hydrogen-bond donors (Lipinski definition) is 1. The molecular formula is C12H14O4. The van der Waals surface area contributed by atoms with Crippen molar-refractivity contribution in [3.63, 3.8) is 0 Å². The van der Waals surface area contributed by atoms with Gasteiger partial charge in [0.1, 0.15) is 0 Å². The highest BCUT2D eigenvalue weighted by Gasteiger charge is 2.30. The quantitative estimate of drug-likeness (QED) is 0.623. The summed E-state index contributed by atoms with van der Waals surface area (Å²) >= 11 is 0. The van der Waals surface area contributed by atoms with E-state index in [1.54, 1.807) is 44.2 Å². The standard InChI is InChI=1S/C12H14O4/c1-8(2)16-12(15)10(11(13)14)9-6-4-3-5-7-9/h3-8,10H,1-2H3,(H,13,14). The zero-order valence-electron chi connectivity index (χ0n) is 9.21. The van der Waals surface area contributed by atoms with E-state index in [4.69, 9.17) is 9.84 Å². The lowest BCUT2D eigenvalue weighted by molar-refractivity contribution is -0.156. The lowest BCUT2D eigenvalue weighted by Crippen LogP contribution is -2.26. The Labute approximate surface area is 93.9 Å². The Bertz CT molecular complexity index is 370. The van der Waals surface area contributed by atoms with Crippen molar-refractivity contribution in [3.05, 3.63) is 35.9 Å². The molecule has 0 aliphatic rings. The molecule has 86 valence electrons. The molecule has 0 spiro atoms. The van der Waals surface area contributed by atoms with Crippen molar-refractivity contribution in [1.82, 2.24) is 0 Å². The van der Waals surface area contributed by atoms with Crippen LogP contribution in [0.2, 0.25) is 0 Å². The topological polar surface area (TPSA) is 63.6 Å². The Balaban J connectivity index is 2.92. The first-order valence-electron chi connectivity index (χ1n) is 5.00. The van der Waals surface area contributed by atoms with Gasteiger partial charge in [0, 0.05) is 0 Å². The Morgan fingerprint density at radius 1 is 1.19 bits per heavy atom. The third-order valence-electron chi connectivity index (χ3n) is 1.97. The monoisotopic (exact) mass is 222 g/mol. The summed E-state index contributed by atoms with van der Waals surface area (Å²) in [4.78, 5) is 22.6. The van der Waals surface area contributed by atoms with Crippen molar-refractivity contribution >= 4 is 11.9 Å². The van der Waals surface area contributed by atoms with Gasteiger partial charge >= 0.3 is 11.9 Å². The van der Waals surface area contributed by atoms with Crippen LogP contribution in [-0.4, -0.2) is 23.1 Å². The lowest BCUT2D eigenvalue weighted by Gasteiger charge is -2.14. The van der Waals surface area contributed by atoms with E-state index >= 15 is 0 Å². The largest absolute Gasteiger partial charge is 0.480 e. The van der Waals surface area contributed by atoms with E-state index in [0.29, 0.717) is 5.56 Å². The highest BCUT2D eigenvalue weighted by atomic mass is 16.5. The highest BCUT2D eigenvalue weighted by molar-refractivity contribution is 5.99. The van der Waals surface area contributed by atoms with Crippen molar-refractivity contribution in [2.45, 2.75) is 25.9 Å². The van der Waals surface area contributed by atoms with Crippen LogP contribution < -0.4 is 0 Å². The van der Waals surface area contributed by atoms with Crippen LogP contribution in [0, 0.1) is 0 Å². The van der Waals surface area contributed by atoms with Crippen molar-refractivity contribution in [1.29, 1.82) is 0 Å². The summed E-state index contributed by atoms with van der Waals surface area (Å²) in [5, 5.41) is 9.01.